The number of hydrogen-bond donors (Lipinski definition) is 2. The highest BCUT2D eigenvalue weighted by Crippen LogP contribution is 2.42. The molecule has 3 aliphatic heterocycles. The number of rotatable bonds is 10. The van der Waals surface area contributed by atoms with Gasteiger partial charge in [0.05, 0.1) is 36.8 Å². The number of hydroxylamine groups is 2. The Kier molecular flexibility index (Phi) is 8.81. The van der Waals surface area contributed by atoms with Crippen LogP contribution in [0.5, 0.6) is 0 Å². The molecule has 0 amide bonds. The van der Waals surface area contributed by atoms with Crippen molar-refractivity contribution in [3.63, 3.8) is 0 Å². The number of hydrogen-bond acceptors (Lipinski definition) is 10. The van der Waals surface area contributed by atoms with Gasteiger partial charge in [0.1, 0.15) is 12.1 Å². The second kappa shape index (κ2) is 12.1. The largest absolute Gasteiger partial charge is 0.481 e. The number of nitrogens with zero attached hydrogens (tertiary/aromatic N) is 4. The van der Waals surface area contributed by atoms with Gasteiger partial charge in [0, 0.05) is 35.9 Å². The van der Waals surface area contributed by atoms with Gasteiger partial charge in [-0.05, 0) is 33.3 Å². The first-order valence-corrected chi connectivity index (χ1v) is 14.7. The summed E-state index contributed by atoms with van der Waals surface area (Å²) in [6, 6.07) is -2.12. The maximum absolute atomic E-state index is 15.5. The minimum atomic E-state index is -3.29. The second-order valence-corrected chi connectivity index (χ2v) is 12.2. The van der Waals surface area contributed by atoms with E-state index in [0.717, 1.165) is 22.5 Å². The van der Waals surface area contributed by atoms with E-state index in [2.05, 4.69) is 15.3 Å². The Bertz CT molecular complexity index is 1500. The van der Waals surface area contributed by atoms with Crippen molar-refractivity contribution in [3.05, 3.63) is 63.0 Å². The summed E-state index contributed by atoms with van der Waals surface area (Å²) in [6.45, 7) is 3.21. The zero-order valence-corrected chi connectivity index (χ0v) is 24.8. The van der Waals surface area contributed by atoms with E-state index >= 15 is 13.2 Å². The monoisotopic (exact) mass is 643 g/mol. The summed E-state index contributed by atoms with van der Waals surface area (Å²) >= 11 is 1.15. The van der Waals surface area contributed by atoms with Crippen LogP contribution in [0.15, 0.2) is 40.0 Å². The van der Waals surface area contributed by atoms with Crippen LogP contribution < -0.4 is 5.32 Å². The van der Waals surface area contributed by atoms with Crippen LogP contribution in [0.25, 0.3) is 0 Å². The average Bonchev–Trinajstić information content (AvgIpc) is 3.70. The fourth-order valence-corrected chi connectivity index (χ4v) is 6.07. The normalized spacial score (nSPS) is 23.8. The number of esters is 1. The Hall–Kier alpha value is -3.47. The molecule has 238 valence electrons. The number of ether oxygens (including phenoxy) is 1. The molecule has 4 heterocycles. The molecule has 10 nitrogen and oxygen atoms in total. The maximum atomic E-state index is 15.5. The minimum Gasteiger partial charge on any atom is -0.481 e. The molecule has 1 aromatic heterocycles. The highest BCUT2D eigenvalue weighted by Gasteiger charge is 2.61. The van der Waals surface area contributed by atoms with Crippen molar-refractivity contribution >= 4 is 29.1 Å². The van der Waals surface area contributed by atoms with Gasteiger partial charge in [-0.3, -0.25) is 19.5 Å². The molecule has 1 unspecified atom stereocenters. The van der Waals surface area contributed by atoms with Gasteiger partial charge in [-0.1, -0.05) is 6.07 Å². The first-order chi connectivity index (χ1) is 20.7. The maximum Gasteiger partial charge on any atom is 0.338 e. The summed E-state index contributed by atoms with van der Waals surface area (Å²) in [6.07, 6.45) is 1.53. The minimum absolute atomic E-state index is 0.0414. The predicted molar refractivity (Wildman–Crippen MR) is 147 cm³/mol. The number of benzene rings is 1. The van der Waals surface area contributed by atoms with E-state index in [0.29, 0.717) is 11.1 Å². The summed E-state index contributed by atoms with van der Waals surface area (Å²) in [5.74, 6) is -9.99. The van der Waals surface area contributed by atoms with Crippen molar-refractivity contribution in [3.8, 4) is 0 Å². The standard InChI is InChI=1S/C28H30F5N5O5S/c1-4-42-25(39)18-16(11-37-13-28(32,33)22-17(37)12-43-38(22)9-7-27(2,3)26(40)41)35-23(24-34-8-10-44-24)36-21(18)14-5-6-15(29)20(31)19(14)30/h5-6,8,10,17,21-22H,4,7,9,11-13H2,1-3H3,(H,35,36)(H,40,41)/t17-,21?,22+/m0/s1. The fourth-order valence-electron chi connectivity index (χ4n) is 5.49. The number of fused-ring (bicyclic) bond motifs is 1. The molecule has 44 heavy (non-hydrogen) atoms. The lowest BCUT2D eigenvalue weighted by Crippen LogP contribution is -2.46. The molecule has 2 N–H and O–H groups in total. The Morgan fingerprint density at radius 3 is 2.66 bits per heavy atom. The number of amidine groups is 1. The lowest BCUT2D eigenvalue weighted by molar-refractivity contribution is -0.186. The third-order valence-electron chi connectivity index (χ3n) is 7.91. The zero-order chi connectivity index (χ0) is 32.0. The highest BCUT2D eigenvalue weighted by molar-refractivity contribution is 7.11. The quantitative estimate of drug-likeness (QED) is 0.226. The summed E-state index contributed by atoms with van der Waals surface area (Å²) in [5.41, 5.74) is -1.85. The summed E-state index contributed by atoms with van der Waals surface area (Å²) < 4.78 is 79.6. The van der Waals surface area contributed by atoms with E-state index in [1.165, 1.54) is 31.9 Å². The Morgan fingerprint density at radius 1 is 1.25 bits per heavy atom. The lowest BCUT2D eigenvalue weighted by Gasteiger charge is -2.30. The lowest BCUT2D eigenvalue weighted by atomic mass is 9.89. The van der Waals surface area contributed by atoms with Gasteiger partial charge in [-0.15, -0.1) is 11.3 Å². The SMILES string of the molecule is CCOC(=O)C1=C(CN2CC(F)(F)[C@H]3[C@@H]2CON3CCC(C)(C)C(=O)O)NC(c2nccs2)=NC1c1ccc(F)c(F)c1F. The van der Waals surface area contributed by atoms with Crippen LogP contribution >= 0.6 is 11.3 Å². The van der Waals surface area contributed by atoms with Gasteiger partial charge in [0.15, 0.2) is 28.3 Å². The van der Waals surface area contributed by atoms with Crippen LogP contribution in [-0.4, -0.2) is 88.7 Å². The van der Waals surface area contributed by atoms with Crippen LogP contribution in [0.1, 0.15) is 43.8 Å². The van der Waals surface area contributed by atoms with Crippen molar-refractivity contribution in [2.45, 2.75) is 51.2 Å². The number of aliphatic carboxylic acids is 1. The first kappa shape index (κ1) is 31.9. The molecule has 2 aromatic rings. The molecule has 0 radical (unpaired) electrons. The molecule has 2 fully saturated rings. The molecule has 5 rings (SSSR count). The number of aliphatic imine (C=N–C) groups is 1. The number of thiazole rings is 1. The zero-order valence-electron chi connectivity index (χ0n) is 24.0. The molecule has 0 aliphatic carbocycles. The molecule has 0 bridgehead atoms. The number of likely N-dealkylation sites (tertiary alicyclic amines) is 1. The van der Waals surface area contributed by atoms with Crippen molar-refractivity contribution in [2.24, 2.45) is 10.4 Å². The van der Waals surface area contributed by atoms with E-state index in [4.69, 9.17) is 9.57 Å². The number of carboxylic acid groups (broad SMARTS) is 1. The van der Waals surface area contributed by atoms with Crippen LogP contribution in [0.3, 0.4) is 0 Å². The van der Waals surface area contributed by atoms with Crippen LogP contribution in [0.4, 0.5) is 22.0 Å². The number of nitrogens with one attached hydrogen (secondary N) is 1. The number of carbonyl (C=O) groups is 2. The number of alkyl halides is 2. The van der Waals surface area contributed by atoms with Gasteiger partial charge >= 0.3 is 11.9 Å². The van der Waals surface area contributed by atoms with Gasteiger partial charge in [-0.25, -0.2) is 31.7 Å². The van der Waals surface area contributed by atoms with E-state index in [-0.39, 0.29) is 49.8 Å². The predicted octanol–water partition coefficient (Wildman–Crippen LogP) is 3.90. The van der Waals surface area contributed by atoms with Crippen LogP contribution in [0, 0.1) is 22.9 Å². The van der Waals surface area contributed by atoms with Crippen molar-refractivity contribution in [2.75, 3.05) is 32.8 Å². The van der Waals surface area contributed by atoms with Gasteiger partial charge in [-0.2, -0.15) is 5.06 Å². The first-order valence-electron chi connectivity index (χ1n) is 13.8. The third kappa shape index (κ3) is 5.95. The molecule has 2 saturated heterocycles. The molecule has 0 saturated carbocycles. The molecule has 3 atom stereocenters. The van der Waals surface area contributed by atoms with E-state index in [9.17, 15) is 23.5 Å². The topological polar surface area (TPSA) is 117 Å². The van der Waals surface area contributed by atoms with Gasteiger partial charge in [0.2, 0.25) is 0 Å². The molecular weight excluding hydrogens is 613 g/mol. The average molecular weight is 644 g/mol. The molecule has 0 spiro atoms. The molecule has 3 aliphatic rings. The second-order valence-electron chi connectivity index (χ2n) is 11.3. The van der Waals surface area contributed by atoms with Gasteiger partial charge in [0.25, 0.3) is 5.92 Å². The van der Waals surface area contributed by atoms with E-state index in [1.807, 2.05) is 0 Å². The van der Waals surface area contributed by atoms with Crippen molar-refractivity contribution < 1.29 is 46.2 Å². The summed E-state index contributed by atoms with van der Waals surface area (Å²) in [5, 5.41) is 15.5. The molecule has 1 aromatic carbocycles. The fraction of sp³-hybridized carbons (Fsp3) is 0.500. The number of carbonyl (C=O) groups excluding carboxylic acids is 1. The molecular formula is C28H30F5N5O5S. The van der Waals surface area contributed by atoms with E-state index < -0.39 is 71.0 Å². The molecule has 16 heteroatoms. The summed E-state index contributed by atoms with van der Waals surface area (Å²) in [7, 11) is 0. The van der Waals surface area contributed by atoms with Crippen molar-refractivity contribution in [1.29, 1.82) is 0 Å². The highest BCUT2D eigenvalue weighted by atomic mass is 32.1. The Morgan fingerprint density at radius 2 is 2.00 bits per heavy atom. The van der Waals surface area contributed by atoms with Crippen LogP contribution in [0.2, 0.25) is 0 Å². The Labute approximate surface area is 253 Å². The van der Waals surface area contributed by atoms with Gasteiger partial charge < -0.3 is 15.2 Å². The Balaban J connectivity index is 1.52. The number of halogens is 5. The summed E-state index contributed by atoms with van der Waals surface area (Å²) in [4.78, 5) is 40.5. The third-order valence-corrected chi connectivity index (χ3v) is 8.69. The number of aromatic nitrogens is 1. The smallest absolute Gasteiger partial charge is 0.338 e. The van der Waals surface area contributed by atoms with Crippen LogP contribution in [-0.2, 0) is 19.2 Å². The number of carboxylic acids is 1. The van der Waals surface area contributed by atoms with E-state index in [1.54, 1.807) is 5.38 Å². The van der Waals surface area contributed by atoms with Crippen molar-refractivity contribution in [1.82, 2.24) is 20.3 Å².